The number of nitrogens with zero attached hydrogens (tertiary/aromatic N) is 2. The maximum atomic E-state index is 13.9. The van der Waals surface area contributed by atoms with Crippen molar-refractivity contribution in [2.45, 2.75) is 18.9 Å². The summed E-state index contributed by atoms with van der Waals surface area (Å²) in [6.07, 6.45) is 1.30. The third-order valence-electron chi connectivity index (χ3n) is 5.63. The third kappa shape index (κ3) is 4.02. The predicted molar refractivity (Wildman–Crippen MR) is 113 cm³/mol. The zero-order chi connectivity index (χ0) is 23.1. The van der Waals surface area contributed by atoms with Crippen LogP contribution >= 0.6 is 0 Å². The summed E-state index contributed by atoms with van der Waals surface area (Å²) in [5.41, 5.74) is 1.98. The summed E-state index contributed by atoms with van der Waals surface area (Å²) in [4.78, 5) is 18.8. The molecule has 1 unspecified atom stereocenters. The number of hydrogen-bond acceptors (Lipinski definition) is 3. The second kappa shape index (κ2) is 8.23. The van der Waals surface area contributed by atoms with Gasteiger partial charge in [-0.25, -0.2) is 27.3 Å². The van der Waals surface area contributed by atoms with E-state index in [0.717, 1.165) is 24.3 Å². The summed E-state index contributed by atoms with van der Waals surface area (Å²) in [5, 5.41) is 2.46. The number of amides is 2. The molecular weight excluding hydrogens is 438 g/mol. The smallest absolute Gasteiger partial charge is 0.322 e. The normalized spacial score (nSPS) is 15.9. The highest BCUT2D eigenvalue weighted by Gasteiger charge is 2.34. The molecule has 0 bridgehead atoms. The Morgan fingerprint density at radius 1 is 0.939 bits per heavy atom. The van der Waals surface area contributed by atoms with E-state index in [-0.39, 0.29) is 5.69 Å². The Balaban J connectivity index is 1.40. The first-order valence-corrected chi connectivity index (χ1v) is 10.3. The van der Waals surface area contributed by atoms with Crippen LogP contribution in [0.25, 0.3) is 22.2 Å². The van der Waals surface area contributed by atoms with Crippen molar-refractivity contribution in [3.8, 4) is 11.1 Å². The van der Waals surface area contributed by atoms with Crippen molar-refractivity contribution in [2.24, 2.45) is 0 Å². The molecule has 1 aromatic heterocycles. The molecule has 2 amide bonds. The lowest BCUT2D eigenvalue weighted by atomic mass is 10.1. The number of urea groups is 1. The lowest BCUT2D eigenvalue weighted by molar-refractivity contribution is 0.198. The Morgan fingerprint density at radius 2 is 1.73 bits per heavy atom. The number of carbonyl (C=O) groups excluding carboxylic acids is 1. The average molecular weight is 455 g/mol. The molecule has 3 aromatic carbocycles. The van der Waals surface area contributed by atoms with E-state index >= 15 is 0 Å². The van der Waals surface area contributed by atoms with Crippen LogP contribution in [0.4, 0.5) is 28.0 Å². The van der Waals surface area contributed by atoms with Gasteiger partial charge in [0.15, 0.2) is 17.2 Å². The number of hydrogen-bond donors (Lipinski definition) is 1. The summed E-state index contributed by atoms with van der Waals surface area (Å²) >= 11 is 0. The molecule has 33 heavy (non-hydrogen) atoms. The predicted octanol–water partition coefficient (Wildman–Crippen LogP) is 6.42. The minimum absolute atomic E-state index is 0.124. The van der Waals surface area contributed by atoms with Crippen LogP contribution in [0.3, 0.4) is 0 Å². The van der Waals surface area contributed by atoms with Crippen molar-refractivity contribution in [1.29, 1.82) is 0 Å². The van der Waals surface area contributed by atoms with Gasteiger partial charge in [-0.15, -0.1) is 0 Å². The molecule has 1 saturated heterocycles. The first kappa shape index (κ1) is 21.0. The SMILES string of the molecule is O=C(Nc1ccc(F)cc1F)N1CCCC1c1nc2cc(-c3ccc(F)c(F)c3)ccc2o1. The van der Waals surface area contributed by atoms with Crippen LogP contribution in [0.15, 0.2) is 59.0 Å². The Morgan fingerprint density at radius 3 is 2.52 bits per heavy atom. The van der Waals surface area contributed by atoms with Crippen LogP contribution in [0.2, 0.25) is 0 Å². The quantitative estimate of drug-likeness (QED) is 0.363. The molecule has 9 heteroatoms. The van der Waals surface area contributed by atoms with Crippen LogP contribution in [0.5, 0.6) is 0 Å². The molecule has 1 aliphatic heterocycles. The first-order chi connectivity index (χ1) is 15.9. The van der Waals surface area contributed by atoms with Crippen LogP contribution in [-0.2, 0) is 0 Å². The van der Waals surface area contributed by atoms with Gasteiger partial charge in [0.1, 0.15) is 23.2 Å². The number of anilines is 1. The average Bonchev–Trinajstić information content (AvgIpc) is 3.44. The number of halogens is 4. The summed E-state index contributed by atoms with van der Waals surface area (Å²) < 4.78 is 59.8. The van der Waals surface area contributed by atoms with Gasteiger partial charge < -0.3 is 14.6 Å². The van der Waals surface area contributed by atoms with Crippen LogP contribution in [0, 0.1) is 23.3 Å². The summed E-state index contributed by atoms with van der Waals surface area (Å²) in [5.74, 6) is -3.16. The molecule has 0 saturated carbocycles. The summed E-state index contributed by atoms with van der Waals surface area (Å²) in [6.45, 7) is 0.415. The minimum Gasteiger partial charge on any atom is -0.438 e. The van der Waals surface area contributed by atoms with E-state index < -0.39 is 35.3 Å². The Bertz CT molecular complexity index is 1370. The van der Waals surface area contributed by atoms with Gasteiger partial charge in [0.05, 0.1) is 5.69 Å². The molecule has 168 valence electrons. The largest absolute Gasteiger partial charge is 0.438 e. The fourth-order valence-electron chi connectivity index (χ4n) is 3.99. The zero-order valence-corrected chi connectivity index (χ0v) is 17.1. The minimum atomic E-state index is -0.946. The molecule has 1 fully saturated rings. The molecule has 0 spiro atoms. The van der Waals surface area contributed by atoms with E-state index in [1.54, 1.807) is 18.2 Å². The van der Waals surface area contributed by atoms with Gasteiger partial charge in [0, 0.05) is 12.6 Å². The molecule has 1 atom stereocenters. The lowest BCUT2D eigenvalue weighted by Crippen LogP contribution is -2.34. The second-order valence-corrected chi connectivity index (χ2v) is 7.77. The van der Waals surface area contributed by atoms with E-state index in [0.29, 0.717) is 53.6 Å². The standard InChI is InChI=1S/C24H17F4N3O2/c25-15-5-7-19(18(28)12-15)30-24(32)31-9-1-2-21(31)23-29-20-11-14(4-8-22(20)33-23)13-3-6-16(26)17(27)10-13/h3-8,10-12,21H,1-2,9H2,(H,30,32). The van der Waals surface area contributed by atoms with E-state index in [1.807, 2.05) is 0 Å². The monoisotopic (exact) mass is 455 g/mol. The molecular formula is C24H17F4N3O2. The number of fused-ring (bicyclic) bond motifs is 1. The molecule has 2 heterocycles. The number of oxazole rings is 1. The van der Waals surface area contributed by atoms with E-state index in [9.17, 15) is 22.4 Å². The lowest BCUT2D eigenvalue weighted by Gasteiger charge is -2.22. The van der Waals surface area contributed by atoms with Crippen LogP contribution in [-0.4, -0.2) is 22.5 Å². The highest BCUT2D eigenvalue weighted by Crippen LogP contribution is 2.35. The van der Waals surface area contributed by atoms with E-state index in [2.05, 4.69) is 10.3 Å². The molecule has 5 nitrogen and oxygen atoms in total. The maximum Gasteiger partial charge on any atom is 0.322 e. The molecule has 0 radical (unpaired) electrons. The zero-order valence-electron chi connectivity index (χ0n) is 17.1. The van der Waals surface area contributed by atoms with Crippen molar-refractivity contribution in [1.82, 2.24) is 9.88 Å². The number of nitrogens with one attached hydrogen (secondary N) is 1. The van der Waals surface area contributed by atoms with Gasteiger partial charge in [-0.05, 0) is 60.4 Å². The van der Waals surface area contributed by atoms with Crippen LogP contribution in [0.1, 0.15) is 24.8 Å². The van der Waals surface area contributed by atoms with Gasteiger partial charge in [0.25, 0.3) is 0 Å². The van der Waals surface area contributed by atoms with E-state index in [4.69, 9.17) is 4.42 Å². The van der Waals surface area contributed by atoms with Gasteiger partial charge >= 0.3 is 6.03 Å². The number of benzene rings is 3. The Kier molecular flexibility index (Phi) is 5.24. The number of likely N-dealkylation sites (tertiary alicyclic amines) is 1. The van der Waals surface area contributed by atoms with Gasteiger partial charge in [-0.3, -0.25) is 0 Å². The van der Waals surface area contributed by atoms with E-state index in [1.165, 1.54) is 11.0 Å². The number of rotatable bonds is 3. The molecule has 1 N–H and O–H groups in total. The summed E-state index contributed by atoms with van der Waals surface area (Å²) in [7, 11) is 0. The van der Waals surface area contributed by atoms with Gasteiger partial charge in [-0.1, -0.05) is 12.1 Å². The molecule has 0 aliphatic carbocycles. The molecule has 5 rings (SSSR count). The molecule has 4 aromatic rings. The van der Waals surface area contributed by atoms with Crippen LogP contribution < -0.4 is 5.32 Å². The van der Waals surface area contributed by atoms with Gasteiger partial charge in [-0.2, -0.15) is 0 Å². The Hall–Kier alpha value is -3.88. The first-order valence-electron chi connectivity index (χ1n) is 10.3. The second-order valence-electron chi connectivity index (χ2n) is 7.77. The Labute approximate surface area is 185 Å². The van der Waals surface area contributed by atoms with Crippen molar-refractivity contribution < 1.29 is 26.8 Å². The number of carbonyl (C=O) groups is 1. The highest BCUT2D eigenvalue weighted by atomic mass is 19.2. The fourth-order valence-corrected chi connectivity index (χ4v) is 3.99. The highest BCUT2D eigenvalue weighted by molar-refractivity contribution is 5.90. The molecule has 1 aliphatic rings. The third-order valence-corrected chi connectivity index (χ3v) is 5.63. The fraction of sp³-hybridized carbons (Fsp3) is 0.167. The van der Waals surface area contributed by atoms with Crippen molar-refractivity contribution >= 4 is 22.8 Å². The number of aromatic nitrogens is 1. The maximum absolute atomic E-state index is 13.9. The topological polar surface area (TPSA) is 58.4 Å². The van der Waals surface area contributed by atoms with Gasteiger partial charge in [0.2, 0.25) is 5.89 Å². The summed E-state index contributed by atoms with van der Waals surface area (Å²) in [6, 6.07) is 10.6. The van der Waals surface area contributed by atoms with Crippen molar-refractivity contribution in [3.63, 3.8) is 0 Å². The van der Waals surface area contributed by atoms with Crippen molar-refractivity contribution in [2.75, 3.05) is 11.9 Å². The van der Waals surface area contributed by atoms with Crippen molar-refractivity contribution in [3.05, 3.63) is 83.8 Å².